The molecule has 19 heavy (non-hydrogen) atoms. The summed E-state index contributed by atoms with van der Waals surface area (Å²) in [7, 11) is 0. The summed E-state index contributed by atoms with van der Waals surface area (Å²) in [6.07, 6.45) is -0.162. The predicted octanol–water partition coefficient (Wildman–Crippen LogP) is 1.81. The Kier molecular flexibility index (Phi) is 7.55. The fourth-order valence-electron chi connectivity index (χ4n) is 1.57. The molecule has 2 N–H and O–H groups in total. The normalized spacial score (nSPS) is 14.0. The minimum Gasteiger partial charge on any atom is -0.480 e. The van der Waals surface area contributed by atoms with Gasteiger partial charge in [-0.05, 0) is 18.9 Å². The molecule has 0 heterocycles. The van der Waals surface area contributed by atoms with Crippen molar-refractivity contribution in [2.45, 2.75) is 24.7 Å². The van der Waals surface area contributed by atoms with Gasteiger partial charge in [-0.25, -0.2) is 0 Å². The Morgan fingerprint density at radius 3 is 2.63 bits per heavy atom. The van der Waals surface area contributed by atoms with Gasteiger partial charge >= 0.3 is 5.97 Å². The lowest BCUT2D eigenvalue weighted by molar-refractivity contribution is -0.136. The van der Waals surface area contributed by atoms with Crippen molar-refractivity contribution in [1.82, 2.24) is 0 Å². The molecule has 1 aromatic carbocycles. The summed E-state index contributed by atoms with van der Waals surface area (Å²) in [6, 6.07) is 9.50. The first-order chi connectivity index (χ1) is 9.13. The smallest absolute Gasteiger partial charge is 0.316 e. The second kappa shape index (κ2) is 8.96. The van der Waals surface area contributed by atoms with Crippen LogP contribution in [0.4, 0.5) is 0 Å². The molecule has 0 bridgehead atoms. The number of carboxylic acid groups (broad SMARTS) is 1. The Labute approximate surface area is 117 Å². The number of aliphatic hydroxyl groups is 1. The molecule has 0 aromatic heterocycles. The number of benzene rings is 1. The molecule has 0 aliphatic carbocycles. The highest BCUT2D eigenvalue weighted by atomic mass is 32.2. The van der Waals surface area contributed by atoms with Crippen LogP contribution in [-0.2, 0) is 16.0 Å². The van der Waals surface area contributed by atoms with Crippen molar-refractivity contribution in [3.63, 3.8) is 0 Å². The van der Waals surface area contributed by atoms with Crippen LogP contribution in [0.25, 0.3) is 0 Å². The van der Waals surface area contributed by atoms with Gasteiger partial charge in [-0.2, -0.15) is 0 Å². The third-order valence-corrected chi connectivity index (χ3v) is 3.89. The second-order valence-corrected chi connectivity index (χ2v) is 5.40. The monoisotopic (exact) mass is 284 g/mol. The first-order valence-electron chi connectivity index (χ1n) is 6.27. The molecule has 1 aromatic rings. The van der Waals surface area contributed by atoms with E-state index in [-0.39, 0.29) is 6.61 Å². The van der Waals surface area contributed by atoms with E-state index >= 15 is 0 Å². The number of aliphatic hydroxyl groups excluding tert-OH is 1. The minimum atomic E-state index is -0.850. The number of ether oxygens (including phenoxy) is 1. The van der Waals surface area contributed by atoms with Gasteiger partial charge in [-0.3, -0.25) is 4.79 Å². The van der Waals surface area contributed by atoms with Gasteiger partial charge in [-0.1, -0.05) is 30.3 Å². The first-order valence-corrected chi connectivity index (χ1v) is 7.32. The molecular formula is C14H20O4S. The first kappa shape index (κ1) is 16.0. The third kappa shape index (κ3) is 6.61. The molecule has 5 heteroatoms. The number of thioether (sulfide) groups is 1. The number of rotatable bonds is 9. The molecule has 1 rings (SSSR count). The maximum Gasteiger partial charge on any atom is 0.316 e. The molecule has 2 unspecified atom stereocenters. The average molecular weight is 284 g/mol. The van der Waals surface area contributed by atoms with E-state index in [1.54, 1.807) is 0 Å². The van der Waals surface area contributed by atoms with Crippen molar-refractivity contribution in [2.75, 3.05) is 19.0 Å². The summed E-state index contributed by atoms with van der Waals surface area (Å²) in [6.45, 7) is 2.66. The molecule has 0 saturated carbocycles. The topological polar surface area (TPSA) is 66.8 Å². The fraction of sp³-hybridized carbons (Fsp3) is 0.500. The van der Waals surface area contributed by atoms with E-state index in [2.05, 4.69) is 0 Å². The van der Waals surface area contributed by atoms with Crippen LogP contribution in [-0.4, -0.2) is 46.5 Å². The Morgan fingerprint density at radius 2 is 2.05 bits per heavy atom. The third-order valence-electron chi connectivity index (χ3n) is 2.54. The van der Waals surface area contributed by atoms with Crippen molar-refractivity contribution in [2.24, 2.45) is 0 Å². The van der Waals surface area contributed by atoms with Gasteiger partial charge in [0.25, 0.3) is 0 Å². The number of hydrogen-bond donors (Lipinski definition) is 2. The molecule has 0 amide bonds. The van der Waals surface area contributed by atoms with Gasteiger partial charge in [0.15, 0.2) is 0 Å². The summed E-state index contributed by atoms with van der Waals surface area (Å²) in [5.74, 6) is -0.485. The zero-order chi connectivity index (χ0) is 14.1. The van der Waals surface area contributed by atoms with Crippen LogP contribution in [0.5, 0.6) is 0 Å². The van der Waals surface area contributed by atoms with E-state index in [1.165, 1.54) is 11.8 Å². The van der Waals surface area contributed by atoms with Gasteiger partial charge in [0, 0.05) is 12.4 Å². The van der Waals surface area contributed by atoms with Gasteiger partial charge in [0.1, 0.15) is 5.25 Å². The van der Waals surface area contributed by atoms with Crippen LogP contribution >= 0.6 is 11.8 Å². The van der Waals surface area contributed by atoms with Gasteiger partial charge < -0.3 is 14.9 Å². The molecule has 0 fully saturated rings. The Hall–Kier alpha value is -1.04. The molecule has 106 valence electrons. The lowest BCUT2D eigenvalue weighted by atomic mass is 10.1. The lowest BCUT2D eigenvalue weighted by Gasteiger charge is -2.15. The van der Waals surface area contributed by atoms with Crippen LogP contribution < -0.4 is 0 Å². The Morgan fingerprint density at radius 1 is 1.37 bits per heavy atom. The SMILES string of the molecule is CCOCC(O)CSC(Cc1ccccc1)C(=O)O. The predicted molar refractivity (Wildman–Crippen MR) is 76.5 cm³/mol. The van der Waals surface area contributed by atoms with E-state index in [0.29, 0.717) is 18.8 Å². The van der Waals surface area contributed by atoms with Crippen LogP contribution in [0.3, 0.4) is 0 Å². The number of aliphatic carboxylic acids is 1. The highest BCUT2D eigenvalue weighted by molar-refractivity contribution is 8.00. The summed E-state index contributed by atoms with van der Waals surface area (Å²) >= 11 is 1.25. The quantitative estimate of drug-likeness (QED) is 0.724. The summed E-state index contributed by atoms with van der Waals surface area (Å²) in [5, 5.41) is 18.3. The summed E-state index contributed by atoms with van der Waals surface area (Å²) in [4.78, 5) is 11.2. The Bertz CT molecular complexity index is 369. The van der Waals surface area contributed by atoms with E-state index in [4.69, 9.17) is 4.74 Å². The molecule has 0 saturated heterocycles. The zero-order valence-electron chi connectivity index (χ0n) is 11.0. The van der Waals surface area contributed by atoms with Crippen molar-refractivity contribution in [3.05, 3.63) is 35.9 Å². The van der Waals surface area contributed by atoms with Crippen molar-refractivity contribution < 1.29 is 19.7 Å². The molecular weight excluding hydrogens is 264 g/mol. The highest BCUT2D eigenvalue weighted by Crippen LogP contribution is 2.18. The summed E-state index contributed by atoms with van der Waals surface area (Å²) in [5.41, 5.74) is 0.988. The lowest BCUT2D eigenvalue weighted by Crippen LogP contribution is -2.24. The molecule has 4 nitrogen and oxygen atoms in total. The standard InChI is InChI=1S/C14H20O4S/c1-2-18-9-12(15)10-19-13(14(16)17)8-11-6-4-3-5-7-11/h3-7,12-13,15H,2,8-10H2,1H3,(H,16,17). The molecule has 0 aliphatic heterocycles. The van der Waals surface area contributed by atoms with Crippen molar-refractivity contribution >= 4 is 17.7 Å². The summed E-state index contributed by atoms with van der Waals surface area (Å²) < 4.78 is 5.10. The largest absolute Gasteiger partial charge is 0.480 e. The minimum absolute atomic E-state index is 0.251. The molecule has 0 spiro atoms. The zero-order valence-corrected chi connectivity index (χ0v) is 11.8. The van der Waals surface area contributed by atoms with Crippen LogP contribution in [0, 0.1) is 0 Å². The van der Waals surface area contributed by atoms with Gasteiger partial charge in [0.2, 0.25) is 0 Å². The van der Waals surface area contributed by atoms with Gasteiger partial charge in [-0.15, -0.1) is 11.8 Å². The number of carboxylic acids is 1. The van der Waals surface area contributed by atoms with E-state index in [0.717, 1.165) is 5.56 Å². The van der Waals surface area contributed by atoms with Crippen LogP contribution in [0.1, 0.15) is 12.5 Å². The second-order valence-electron chi connectivity index (χ2n) is 4.16. The van der Waals surface area contributed by atoms with E-state index in [1.807, 2.05) is 37.3 Å². The number of carbonyl (C=O) groups is 1. The highest BCUT2D eigenvalue weighted by Gasteiger charge is 2.20. The van der Waals surface area contributed by atoms with Gasteiger partial charge in [0.05, 0.1) is 12.7 Å². The van der Waals surface area contributed by atoms with Crippen LogP contribution in [0.15, 0.2) is 30.3 Å². The molecule has 0 radical (unpaired) electrons. The molecule has 2 atom stereocenters. The van der Waals surface area contributed by atoms with Crippen molar-refractivity contribution in [1.29, 1.82) is 0 Å². The number of hydrogen-bond acceptors (Lipinski definition) is 4. The van der Waals surface area contributed by atoms with Crippen molar-refractivity contribution in [3.8, 4) is 0 Å². The van der Waals surface area contributed by atoms with Crippen LogP contribution in [0.2, 0.25) is 0 Å². The Balaban J connectivity index is 2.43. The maximum atomic E-state index is 11.2. The van der Waals surface area contributed by atoms with E-state index < -0.39 is 17.3 Å². The maximum absolute atomic E-state index is 11.2. The average Bonchev–Trinajstić information content (AvgIpc) is 2.41. The molecule has 0 aliphatic rings. The fourth-order valence-corrected chi connectivity index (χ4v) is 2.58. The van der Waals surface area contributed by atoms with E-state index in [9.17, 15) is 15.0 Å².